The highest BCUT2D eigenvalue weighted by atomic mass is 35.5. The Morgan fingerprint density at radius 2 is 1.05 bits per heavy atom. The zero-order valence-corrected chi connectivity index (χ0v) is 19.3. The Morgan fingerprint density at radius 1 is 0.682 bits per heavy atom. The van der Waals surface area contributed by atoms with Crippen LogP contribution in [0.25, 0.3) is 0 Å². The molecule has 0 nitrogen and oxygen atoms in total. The molecule has 0 aliphatic rings. The molecule has 7 heteroatoms. The second-order valence-corrected chi connectivity index (χ2v) is 8.14. The van der Waals surface area contributed by atoms with E-state index in [1.165, 1.54) is 25.7 Å². The molecule has 0 saturated heterocycles. The van der Waals surface area contributed by atoms with E-state index in [0.717, 1.165) is 5.88 Å². The van der Waals surface area contributed by atoms with Gasteiger partial charge in [-0.3, -0.25) is 0 Å². The van der Waals surface area contributed by atoms with Crippen molar-refractivity contribution >= 4 is 81.2 Å². The third-order valence-corrected chi connectivity index (χ3v) is 3.95. The van der Waals surface area contributed by atoms with Gasteiger partial charge in [0, 0.05) is 34.3 Å². The van der Waals surface area contributed by atoms with Crippen LogP contribution in [0.2, 0.25) is 0 Å². The Labute approximate surface area is 173 Å². The third-order valence-electron chi connectivity index (χ3n) is 1.53. The highest BCUT2D eigenvalue weighted by molar-refractivity contribution is 6.32. The standard InChI is InChI=1S/C6H13Cl.C3H5Cl3.C3H6Cl2.C3H7Cl/c1-2-3-4-5-6-7;4-1-3(6)2-5;1-3(5)2-4;1-3(2)4/h2-6H2,1H3;3H,1-2H2;3H,2H2,1H3;3H,1-2H3. The molecule has 0 fully saturated rings. The van der Waals surface area contributed by atoms with E-state index < -0.39 is 0 Å². The molecule has 22 heavy (non-hydrogen) atoms. The molecule has 0 bridgehead atoms. The van der Waals surface area contributed by atoms with E-state index in [9.17, 15) is 0 Å². The molecule has 0 radical (unpaired) electrons. The maximum absolute atomic E-state index is 5.44. The van der Waals surface area contributed by atoms with E-state index in [2.05, 4.69) is 6.92 Å². The fourth-order valence-corrected chi connectivity index (χ4v) is 1.08. The largest absolute Gasteiger partial charge is 0.127 e. The molecule has 0 aromatic carbocycles. The fourth-order valence-electron chi connectivity index (χ4n) is 0.563. The minimum absolute atomic E-state index is 0.0617. The summed E-state index contributed by atoms with van der Waals surface area (Å²) in [6.45, 7) is 7.92. The molecule has 0 heterocycles. The van der Waals surface area contributed by atoms with Crippen molar-refractivity contribution in [2.75, 3.05) is 23.5 Å². The Hall–Kier alpha value is 2.03. The molecule has 0 saturated carbocycles. The van der Waals surface area contributed by atoms with Gasteiger partial charge in [0.1, 0.15) is 0 Å². The molecule has 0 N–H and O–H groups in total. The second kappa shape index (κ2) is 30.9. The van der Waals surface area contributed by atoms with Gasteiger partial charge in [-0.15, -0.1) is 81.2 Å². The van der Waals surface area contributed by atoms with Crippen molar-refractivity contribution in [1.29, 1.82) is 0 Å². The van der Waals surface area contributed by atoms with Crippen molar-refractivity contribution in [3.8, 4) is 0 Å². The van der Waals surface area contributed by atoms with Crippen LogP contribution in [-0.2, 0) is 0 Å². The van der Waals surface area contributed by atoms with Crippen LogP contribution in [0, 0.1) is 0 Å². The summed E-state index contributed by atoms with van der Waals surface area (Å²) in [6.07, 6.45) is 5.14. The lowest BCUT2D eigenvalue weighted by Crippen LogP contribution is -1.99. The van der Waals surface area contributed by atoms with E-state index in [0.29, 0.717) is 23.0 Å². The van der Waals surface area contributed by atoms with Crippen molar-refractivity contribution in [3.05, 3.63) is 0 Å². The minimum Gasteiger partial charge on any atom is -0.127 e. The zero-order chi connectivity index (χ0) is 18.4. The summed E-state index contributed by atoms with van der Waals surface area (Å²) in [5, 5.41) is 0.366. The first-order chi connectivity index (χ1) is 10.2. The summed E-state index contributed by atoms with van der Waals surface area (Å²) < 4.78 is 0. The topological polar surface area (TPSA) is 0 Å². The molecule has 1 atom stereocenters. The van der Waals surface area contributed by atoms with Crippen LogP contribution in [0.15, 0.2) is 0 Å². The monoisotopic (exact) mass is 456 g/mol. The molecule has 0 aliphatic carbocycles. The number of halogens is 7. The molecular formula is C15H31Cl7. The van der Waals surface area contributed by atoms with Gasteiger partial charge in [0.25, 0.3) is 0 Å². The lowest BCUT2D eigenvalue weighted by Gasteiger charge is -1.92. The summed E-state index contributed by atoms with van der Waals surface area (Å²) in [6, 6.07) is 0. The van der Waals surface area contributed by atoms with Crippen molar-refractivity contribution in [3.63, 3.8) is 0 Å². The maximum atomic E-state index is 5.44. The zero-order valence-electron chi connectivity index (χ0n) is 14.0. The first kappa shape index (κ1) is 31.8. The number of hydrogen-bond donors (Lipinski definition) is 0. The molecular weight excluding hydrogens is 428 g/mol. The number of rotatable bonds is 7. The van der Waals surface area contributed by atoms with Gasteiger partial charge >= 0.3 is 0 Å². The normalized spacial score (nSPS) is 10.8. The lowest BCUT2D eigenvalue weighted by atomic mass is 10.2. The van der Waals surface area contributed by atoms with E-state index in [1.807, 2.05) is 20.8 Å². The highest BCUT2D eigenvalue weighted by Crippen LogP contribution is 1.99. The van der Waals surface area contributed by atoms with Crippen LogP contribution >= 0.6 is 81.2 Å². The van der Waals surface area contributed by atoms with E-state index in [-0.39, 0.29) is 10.8 Å². The quantitative estimate of drug-likeness (QED) is 0.265. The Morgan fingerprint density at radius 3 is 1.18 bits per heavy atom. The molecule has 1 unspecified atom stereocenters. The average Bonchev–Trinajstić information content (AvgIpc) is 2.47. The number of unbranched alkanes of at least 4 members (excludes halogenated alkanes) is 3. The predicted molar refractivity (Wildman–Crippen MR) is 113 cm³/mol. The molecule has 0 rings (SSSR count). The predicted octanol–water partition coefficient (Wildman–Crippen LogP) is 8.36. The van der Waals surface area contributed by atoms with Crippen LogP contribution in [0.3, 0.4) is 0 Å². The second-order valence-electron chi connectivity index (χ2n) is 4.60. The van der Waals surface area contributed by atoms with Gasteiger partial charge in [-0.2, -0.15) is 0 Å². The van der Waals surface area contributed by atoms with Gasteiger partial charge in [0.15, 0.2) is 0 Å². The Balaban J connectivity index is -0.000000100. The van der Waals surface area contributed by atoms with Crippen LogP contribution in [0.4, 0.5) is 0 Å². The van der Waals surface area contributed by atoms with Gasteiger partial charge in [-0.1, -0.05) is 26.2 Å². The fraction of sp³-hybridized carbons (Fsp3) is 1.00. The molecule has 140 valence electrons. The number of alkyl halides is 7. The van der Waals surface area contributed by atoms with Gasteiger partial charge in [0.2, 0.25) is 0 Å². The van der Waals surface area contributed by atoms with Crippen LogP contribution < -0.4 is 0 Å². The van der Waals surface area contributed by atoms with Gasteiger partial charge in [0.05, 0.1) is 5.38 Å². The van der Waals surface area contributed by atoms with Gasteiger partial charge < -0.3 is 0 Å². The summed E-state index contributed by atoms with van der Waals surface area (Å²) in [5.41, 5.74) is 0. The molecule has 0 aliphatic heterocycles. The van der Waals surface area contributed by atoms with Crippen molar-refractivity contribution < 1.29 is 0 Å². The molecule has 0 spiro atoms. The van der Waals surface area contributed by atoms with Crippen LogP contribution in [0.5, 0.6) is 0 Å². The maximum Gasteiger partial charge on any atom is 0.0606 e. The summed E-state index contributed by atoms with van der Waals surface area (Å²) in [5.74, 6) is 2.25. The minimum atomic E-state index is -0.0617. The highest BCUT2D eigenvalue weighted by Gasteiger charge is 1.95. The van der Waals surface area contributed by atoms with Crippen LogP contribution in [-0.4, -0.2) is 39.7 Å². The SMILES string of the molecule is CC(C)Cl.CC(Cl)CCl.CCCCCCCl.ClCC(Cl)CCl. The lowest BCUT2D eigenvalue weighted by molar-refractivity contribution is 0.705. The van der Waals surface area contributed by atoms with Crippen molar-refractivity contribution in [2.45, 2.75) is 69.5 Å². The summed E-state index contributed by atoms with van der Waals surface area (Å²) in [4.78, 5) is 0. The third kappa shape index (κ3) is 67.3. The smallest absolute Gasteiger partial charge is 0.0606 e. The van der Waals surface area contributed by atoms with E-state index in [1.54, 1.807) is 0 Å². The van der Waals surface area contributed by atoms with Gasteiger partial charge in [-0.05, 0) is 27.2 Å². The summed E-state index contributed by atoms with van der Waals surface area (Å²) in [7, 11) is 0. The Kier molecular flexibility index (Phi) is 44.6. The first-order valence-electron chi connectivity index (χ1n) is 7.39. The summed E-state index contributed by atoms with van der Waals surface area (Å²) >= 11 is 37.1. The first-order valence-corrected chi connectivity index (χ1v) is 10.8. The molecule has 0 aromatic rings. The van der Waals surface area contributed by atoms with E-state index in [4.69, 9.17) is 81.2 Å². The van der Waals surface area contributed by atoms with Gasteiger partial charge in [-0.25, -0.2) is 0 Å². The van der Waals surface area contributed by atoms with E-state index >= 15 is 0 Å². The molecule has 0 amide bonds. The average molecular weight is 460 g/mol. The van der Waals surface area contributed by atoms with Crippen molar-refractivity contribution in [1.82, 2.24) is 0 Å². The molecule has 0 aromatic heterocycles. The van der Waals surface area contributed by atoms with Crippen LogP contribution in [0.1, 0.15) is 53.4 Å². The van der Waals surface area contributed by atoms with Crippen molar-refractivity contribution in [2.24, 2.45) is 0 Å². The Bertz CT molecular complexity index is 144. The number of hydrogen-bond acceptors (Lipinski definition) is 0.